The van der Waals surface area contributed by atoms with Crippen LogP contribution in [0.1, 0.15) is 28.2 Å². The number of carbonyl (C=O) groups is 1. The molecule has 0 saturated heterocycles. The van der Waals surface area contributed by atoms with Crippen LogP contribution in [0.3, 0.4) is 0 Å². The Balaban J connectivity index is 1.64. The number of hydrogen-bond acceptors (Lipinski definition) is 2. The summed E-state index contributed by atoms with van der Waals surface area (Å²) in [7, 11) is 0. The minimum atomic E-state index is 0.290. The highest BCUT2D eigenvalue weighted by molar-refractivity contribution is 7.12. The SMILES string of the molecule is O=C(/C=C/c1ccc(Cc2ccccc2)s1)C1CC1. The van der Waals surface area contributed by atoms with Gasteiger partial charge in [-0.2, -0.15) is 0 Å². The summed E-state index contributed by atoms with van der Waals surface area (Å²) >= 11 is 1.76. The number of ketones is 1. The van der Waals surface area contributed by atoms with Crippen molar-refractivity contribution in [2.24, 2.45) is 5.92 Å². The first-order chi connectivity index (χ1) is 9.31. The first-order valence-electron chi connectivity index (χ1n) is 6.66. The van der Waals surface area contributed by atoms with Gasteiger partial charge in [-0.15, -0.1) is 11.3 Å². The maximum atomic E-state index is 11.6. The van der Waals surface area contributed by atoms with E-state index in [9.17, 15) is 4.79 Å². The lowest BCUT2D eigenvalue weighted by Crippen LogP contribution is -1.92. The molecule has 0 unspecified atom stereocenters. The second-order valence-electron chi connectivity index (χ2n) is 4.98. The van der Waals surface area contributed by atoms with Crippen LogP contribution < -0.4 is 0 Å². The van der Waals surface area contributed by atoms with Crippen molar-refractivity contribution in [3.63, 3.8) is 0 Å². The van der Waals surface area contributed by atoms with E-state index in [0.717, 1.165) is 19.3 Å². The molecule has 0 spiro atoms. The largest absolute Gasteiger partial charge is 0.295 e. The Labute approximate surface area is 117 Å². The molecule has 96 valence electrons. The van der Waals surface area contributed by atoms with E-state index < -0.39 is 0 Å². The zero-order valence-corrected chi connectivity index (χ0v) is 11.5. The molecule has 0 amide bonds. The Morgan fingerprint density at radius 2 is 1.95 bits per heavy atom. The van der Waals surface area contributed by atoms with Crippen molar-refractivity contribution in [2.45, 2.75) is 19.3 Å². The van der Waals surface area contributed by atoms with Gasteiger partial charge in [0, 0.05) is 22.1 Å². The zero-order valence-electron chi connectivity index (χ0n) is 10.7. The van der Waals surface area contributed by atoms with Crippen LogP contribution in [0, 0.1) is 5.92 Å². The average molecular weight is 268 g/mol. The van der Waals surface area contributed by atoms with E-state index in [0.29, 0.717) is 5.92 Å². The van der Waals surface area contributed by atoms with Crippen molar-refractivity contribution in [3.8, 4) is 0 Å². The predicted octanol–water partition coefficient (Wildman–Crippen LogP) is 4.33. The summed E-state index contributed by atoms with van der Waals surface area (Å²) in [5, 5.41) is 0. The smallest absolute Gasteiger partial charge is 0.158 e. The number of hydrogen-bond donors (Lipinski definition) is 0. The molecular formula is C17H16OS. The summed E-state index contributed by atoms with van der Waals surface area (Å²) in [5.74, 6) is 0.609. The summed E-state index contributed by atoms with van der Waals surface area (Å²) in [6.07, 6.45) is 6.82. The Bertz CT molecular complexity index is 591. The van der Waals surface area contributed by atoms with Crippen LogP contribution in [0.25, 0.3) is 6.08 Å². The van der Waals surface area contributed by atoms with Crippen LogP contribution in [0.2, 0.25) is 0 Å². The van der Waals surface area contributed by atoms with Gasteiger partial charge in [0.2, 0.25) is 0 Å². The topological polar surface area (TPSA) is 17.1 Å². The Morgan fingerprint density at radius 3 is 2.68 bits per heavy atom. The van der Waals surface area contributed by atoms with Gasteiger partial charge >= 0.3 is 0 Å². The molecule has 0 N–H and O–H groups in total. The minimum absolute atomic E-state index is 0.290. The average Bonchev–Trinajstić information content (AvgIpc) is 3.19. The second kappa shape index (κ2) is 5.54. The molecule has 0 atom stereocenters. The normalized spacial score (nSPS) is 14.9. The molecule has 0 aliphatic heterocycles. The molecule has 0 bridgehead atoms. The zero-order chi connectivity index (χ0) is 13.1. The van der Waals surface area contributed by atoms with Crippen molar-refractivity contribution in [2.75, 3.05) is 0 Å². The molecule has 1 aromatic carbocycles. The molecule has 1 fully saturated rings. The number of rotatable bonds is 5. The minimum Gasteiger partial charge on any atom is -0.295 e. The van der Waals surface area contributed by atoms with Gasteiger partial charge < -0.3 is 0 Å². The van der Waals surface area contributed by atoms with Crippen molar-refractivity contribution >= 4 is 23.2 Å². The van der Waals surface area contributed by atoms with Crippen molar-refractivity contribution in [3.05, 3.63) is 63.9 Å². The van der Waals surface area contributed by atoms with Gasteiger partial charge in [0.05, 0.1) is 0 Å². The number of thiophene rings is 1. The predicted molar refractivity (Wildman–Crippen MR) is 80.3 cm³/mol. The molecule has 0 radical (unpaired) electrons. The van der Waals surface area contributed by atoms with Gasteiger partial charge in [-0.3, -0.25) is 4.79 Å². The van der Waals surface area contributed by atoms with Gasteiger partial charge in [-0.1, -0.05) is 30.3 Å². The van der Waals surface area contributed by atoms with E-state index in [1.807, 2.05) is 12.1 Å². The Kier molecular flexibility index (Phi) is 3.60. The van der Waals surface area contributed by atoms with Crippen LogP contribution in [0.15, 0.2) is 48.5 Å². The fraction of sp³-hybridized carbons (Fsp3) is 0.235. The summed E-state index contributed by atoms with van der Waals surface area (Å²) in [6.45, 7) is 0. The highest BCUT2D eigenvalue weighted by atomic mass is 32.1. The standard InChI is InChI=1S/C17H16OS/c18-17(14-6-7-14)11-10-15-8-9-16(19-15)12-13-4-2-1-3-5-13/h1-5,8-11,14H,6-7,12H2/b11-10+. The third-order valence-corrected chi connectivity index (χ3v) is 4.35. The van der Waals surface area contributed by atoms with E-state index in [1.165, 1.54) is 15.3 Å². The van der Waals surface area contributed by atoms with E-state index >= 15 is 0 Å². The summed E-state index contributed by atoms with van der Waals surface area (Å²) in [6, 6.07) is 14.7. The maximum Gasteiger partial charge on any atom is 0.158 e. The highest BCUT2D eigenvalue weighted by Crippen LogP contribution is 2.30. The molecule has 1 aliphatic rings. The van der Waals surface area contributed by atoms with Crippen LogP contribution >= 0.6 is 11.3 Å². The molecule has 1 saturated carbocycles. The number of carbonyl (C=O) groups excluding carboxylic acids is 1. The molecule has 2 aromatic rings. The second-order valence-corrected chi connectivity index (χ2v) is 6.18. The number of allylic oxidation sites excluding steroid dienone is 1. The Morgan fingerprint density at radius 1 is 1.16 bits per heavy atom. The van der Waals surface area contributed by atoms with Crippen LogP contribution in [-0.2, 0) is 11.2 Å². The molecule has 1 aromatic heterocycles. The van der Waals surface area contributed by atoms with Gasteiger partial charge in [-0.05, 0) is 42.7 Å². The van der Waals surface area contributed by atoms with Gasteiger partial charge in [0.25, 0.3) is 0 Å². The first kappa shape index (κ1) is 12.4. The Hall–Kier alpha value is -1.67. The van der Waals surface area contributed by atoms with Crippen LogP contribution in [0.4, 0.5) is 0 Å². The fourth-order valence-corrected chi connectivity index (χ4v) is 2.99. The maximum absolute atomic E-state index is 11.6. The van der Waals surface area contributed by atoms with Gasteiger partial charge in [0.15, 0.2) is 5.78 Å². The van der Waals surface area contributed by atoms with E-state index in [1.54, 1.807) is 17.4 Å². The van der Waals surface area contributed by atoms with E-state index in [-0.39, 0.29) is 5.78 Å². The fourth-order valence-electron chi connectivity index (χ4n) is 2.04. The number of benzene rings is 1. The van der Waals surface area contributed by atoms with E-state index in [2.05, 4.69) is 36.4 Å². The third kappa shape index (κ3) is 3.42. The monoisotopic (exact) mass is 268 g/mol. The first-order valence-corrected chi connectivity index (χ1v) is 7.47. The van der Waals surface area contributed by atoms with Gasteiger partial charge in [0.1, 0.15) is 0 Å². The lowest BCUT2D eigenvalue weighted by molar-refractivity contribution is -0.115. The van der Waals surface area contributed by atoms with Crippen molar-refractivity contribution in [1.29, 1.82) is 0 Å². The van der Waals surface area contributed by atoms with E-state index in [4.69, 9.17) is 0 Å². The molecular weight excluding hydrogens is 252 g/mol. The van der Waals surface area contributed by atoms with Crippen LogP contribution in [-0.4, -0.2) is 5.78 Å². The molecule has 2 heteroatoms. The van der Waals surface area contributed by atoms with Crippen molar-refractivity contribution in [1.82, 2.24) is 0 Å². The molecule has 19 heavy (non-hydrogen) atoms. The quantitative estimate of drug-likeness (QED) is 0.738. The van der Waals surface area contributed by atoms with Crippen LogP contribution in [0.5, 0.6) is 0 Å². The summed E-state index contributed by atoms with van der Waals surface area (Å²) in [5.41, 5.74) is 1.33. The molecule has 1 heterocycles. The summed E-state index contributed by atoms with van der Waals surface area (Å²) in [4.78, 5) is 14.1. The summed E-state index contributed by atoms with van der Waals surface area (Å²) < 4.78 is 0. The molecule has 3 rings (SSSR count). The lowest BCUT2D eigenvalue weighted by Gasteiger charge is -1.96. The van der Waals surface area contributed by atoms with Gasteiger partial charge in [-0.25, -0.2) is 0 Å². The lowest BCUT2D eigenvalue weighted by atomic mass is 10.1. The molecule has 1 aliphatic carbocycles. The third-order valence-electron chi connectivity index (χ3n) is 3.30. The van der Waals surface area contributed by atoms with Crippen molar-refractivity contribution < 1.29 is 4.79 Å². The molecule has 1 nitrogen and oxygen atoms in total. The highest BCUT2D eigenvalue weighted by Gasteiger charge is 2.27.